The van der Waals surface area contributed by atoms with Crippen molar-refractivity contribution in [2.75, 3.05) is 20.1 Å². The lowest BCUT2D eigenvalue weighted by atomic mass is 10.1. The van der Waals surface area contributed by atoms with Gasteiger partial charge < -0.3 is 10.2 Å². The van der Waals surface area contributed by atoms with Crippen LogP contribution in [0, 0.1) is 5.92 Å². The Morgan fingerprint density at radius 2 is 1.62 bits per heavy atom. The van der Waals surface area contributed by atoms with Crippen molar-refractivity contribution in [1.29, 1.82) is 0 Å². The van der Waals surface area contributed by atoms with Crippen LogP contribution >= 0.6 is 11.6 Å². The molecule has 1 atom stereocenters. The highest BCUT2D eigenvalue weighted by Crippen LogP contribution is 2.22. The molecule has 3 aromatic rings. The van der Waals surface area contributed by atoms with Gasteiger partial charge in [0.2, 0.25) is 21.8 Å². The maximum absolute atomic E-state index is 13.6. The van der Waals surface area contributed by atoms with Crippen molar-refractivity contribution in [3.63, 3.8) is 0 Å². The molecule has 198 valence electrons. The van der Waals surface area contributed by atoms with Crippen LogP contribution in [0.5, 0.6) is 0 Å². The summed E-state index contributed by atoms with van der Waals surface area (Å²) in [6.45, 7) is 6.03. The largest absolute Gasteiger partial charge is 0.354 e. The average molecular weight is 544 g/mol. The number of hydrogen-bond acceptors (Lipinski definition) is 4. The summed E-state index contributed by atoms with van der Waals surface area (Å²) < 4.78 is 27.7. The second-order valence-corrected chi connectivity index (χ2v) is 12.0. The second kappa shape index (κ2) is 12.5. The molecule has 7 nitrogen and oxygen atoms in total. The number of carbonyl (C=O) groups is 2. The summed E-state index contributed by atoms with van der Waals surface area (Å²) in [4.78, 5) is 28.2. The summed E-state index contributed by atoms with van der Waals surface area (Å²) in [5.74, 6) is -0.480. The van der Waals surface area contributed by atoms with E-state index in [-0.39, 0.29) is 23.3 Å². The zero-order chi connectivity index (χ0) is 27.2. The Bertz CT molecular complexity index is 1340. The molecule has 37 heavy (non-hydrogen) atoms. The molecule has 0 aliphatic heterocycles. The van der Waals surface area contributed by atoms with Gasteiger partial charge in [0, 0.05) is 25.2 Å². The minimum absolute atomic E-state index is 0.104. The fraction of sp³-hybridized carbons (Fsp3) is 0.357. The van der Waals surface area contributed by atoms with Crippen molar-refractivity contribution in [2.45, 2.75) is 44.7 Å². The first kappa shape index (κ1) is 28.6. The normalized spacial score (nSPS) is 12.6. The van der Waals surface area contributed by atoms with Crippen molar-refractivity contribution < 1.29 is 18.0 Å². The highest BCUT2D eigenvalue weighted by Gasteiger charge is 2.32. The van der Waals surface area contributed by atoms with Crippen LogP contribution in [-0.2, 0) is 26.2 Å². The molecule has 3 rings (SSSR count). The SMILES string of the molecule is CC[C@H](C(=O)NCC(C)C)N(Cc1ccc(Cl)cc1)C(=O)CN(C)S(=O)(=O)c1ccc2ccccc2c1. The molecule has 0 aromatic heterocycles. The molecule has 0 aliphatic rings. The molecule has 0 radical (unpaired) electrons. The minimum atomic E-state index is -3.94. The Labute approximate surface area is 224 Å². The average Bonchev–Trinajstić information content (AvgIpc) is 2.87. The van der Waals surface area contributed by atoms with E-state index in [4.69, 9.17) is 11.6 Å². The fourth-order valence-corrected chi connectivity index (χ4v) is 5.28. The van der Waals surface area contributed by atoms with Gasteiger partial charge in [0.05, 0.1) is 11.4 Å². The van der Waals surface area contributed by atoms with Gasteiger partial charge in [-0.25, -0.2) is 8.42 Å². The lowest BCUT2D eigenvalue weighted by molar-refractivity contribution is -0.141. The number of halogens is 1. The van der Waals surface area contributed by atoms with E-state index in [1.54, 1.807) is 42.5 Å². The molecule has 0 saturated carbocycles. The predicted octanol–water partition coefficient (Wildman–Crippen LogP) is 4.69. The van der Waals surface area contributed by atoms with E-state index in [0.29, 0.717) is 18.0 Å². The number of nitrogens with one attached hydrogen (secondary N) is 1. The Hall–Kier alpha value is -2.94. The summed E-state index contributed by atoms with van der Waals surface area (Å²) in [7, 11) is -2.57. The van der Waals surface area contributed by atoms with Crippen LogP contribution in [0.15, 0.2) is 71.6 Å². The zero-order valence-corrected chi connectivity index (χ0v) is 23.2. The van der Waals surface area contributed by atoms with Crippen LogP contribution in [0.25, 0.3) is 10.8 Å². The first-order valence-electron chi connectivity index (χ1n) is 12.3. The van der Waals surface area contributed by atoms with E-state index in [1.807, 2.05) is 45.0 Å². The molecular formula is C28H34ClN3O4S. The number of likely N-dealkylation sites (N-methyl/N-ethyl adjacent to an activating group) is 1. The van der Waals surface area contributed by atoms with E-state index in [0.717, 1.165) is 20.6 Å². The molecule has 3 aromatic carbocycles. The molecule has 0 heterocycles. The number of amides is 2. The van der Waals surface area contributed by atoms with Gasteiger partial charge in [-0.1, -0.05) is 74.8 Å². The van der Waals surface area contributed by atoms with E-state index in [1.165, 1.54) is 11.9 Å². The van der Waals surface area contributed by atoms with Crippen LogP contribution in [0.4, 0.5) is 0 Å². The van der Waals surface area contributed by atoms with Crippen molar-refractivity contribution >= 4 is 44.2 Å². The number of fused-ring (bicyclic) bond motifs is 1. The summed E-state index contributed by atoms with van der Waals surface area (Å²) in [5.41, 5.74) is 0.785. The number of carbonyl (C=O) groups excluding carboxylic acids is 2. The quantitative estimate of drug-likeness (QED) is 0.380. The number of rotatable bonds is 11. The molecule has 0 spiro atoms. The highest BCUT2D eigenvalue weighted by molar-refractivity contribution is 7.89. The predicted molar refractivity (Wildman–Crippen MR) is 148 cm³/mol. The molecule has 9 heteroatoms. The third-order valence-corrected chi connectivity index (χ3v) is 8.18. The second-order valence-electron chi connectivity index (χ2n) is 9.48. The molecule has 0 aliphatic carbocycles. The van der Waals surface area contributed by atoms with Crippen LogP contribution in [0.2, 0.25) is 5.02 Å². The van der Waals surface area contributed by atoms with Gasteiger partial charge in [-0.2, -0.15) is 4.31 Å². The van der Waals surface area contributed by atoms with Gasteiger partial charge in [0.15, 0.2) is 0 Å². The molecule has 1 N–H and O–H groups in total. The van der Waals surface area contributed by atoms with E-state index < -0.39 is 28.5 Å². The first-order chi connectivity index (χ1) is 17.5. The highest BCUT2D eigenvalue weighted by atomic mass is 35.5. The monoisotopic (exact) mass is 543 g/mol. The maximum Gasteiger partial charge on any atom is 0.243 e. The lowest BCUT2D eigenvalue weighted by Gasteiger charge is -2.32. The molecular weight excluding hydrogens is 510 g/mol. The van der Waals surface area contributed by atoms with Gasteiger partial charge in [0.25, 0.3) is 0 Å². The number of benzene rings is 3. The van der Waals surface area contributed by atoms with E-state index in [9.17, 15) is 18.0 Å². The Morgan fingerprint density at radius 3 is 2.24 bits per heavy atom. The molecule has 2 amide bonds. The summed E-state index contributed by atoms with van der Waals surface area (Å²) in [6.07, 6.45) is 0.379. The van der Waals surface area contributed by atoms with Crippen molar-refractivity contribution in [3.05, 3.63) is 77.3 Å². The van der Waals surface area contributed by atoms with Gasteiger partial charge in [-0.3, -0.25) is 9.59 Å². The topological polar surface area (TPSA) is 86.8 Å². The zero-order valence-electron chi connectivity index (χ0n) is 21.6. The summed E-state index contributed by atoms with van der Waals surface area (Å²) in [5, 5.41) is 5.18. The van der Waals surface area contributed by atoms with Gasteiger partial charge >= 0.3 is 0 Å². The van der Waals surface area contributed by atoms with Gasteiger partial charge in [-0.15, -0.1) is 0 Å². The Kier molecular flexibility index (Phi) is 9.70. The summed E-state index contributed by atoms with van der Waals surface area (Å²) >= 11 is 6.02. The van der Waals surface area contributed by atoms with Crippen molar-refractivity contribution in [3.8, 4) is 0 Å². The van der Waals surface area contributed by atoms with Crippen molar-refractivity contribution in [1.82, 2.24) is 14.5 Å². The maximum atomic E-state index is 13.6. The van der Waals surface area contributed by atoms with Crippen LogP contribution in [0.3, 0.4) is 0 Å². The van der Waals surface area contributed by atoms with Crippen LogP contribution in [-0.4, -0.2) is 55.6 Å². The van der Waals surface area contributed by atoms with Gasteiger partial charge in [-0.05, 0) is 52.9 Å². The molecule has 0 bridgehead atoms. The third-order valence-electron chi connectivity index (χ3n) is 6.12. The minimum Gasteiger partial charge on any atom is -0.354 e. The van der Waals surface area contributed by atoms with E-state index in [2.05, 4.69) is 5.32 Å². The van der Waals surface area contributed by atoms with E-state index >= 15 is 0 Å². The number of nitrogens with zero attached hydrogens (tertiary/aromatic N) is 2. The molecule has 0 unspecified atom stereocenters. The fourth-order valence-electron chi connectivity index (χ4n) is 4.00. The lowest BCUT2D eigenvalue weighted by Crippen LogP contribution is -2.52. The molecule has 0 fully saturated rings. The van der Waals surface area contributed by atoms with Gasteiger partial charge in [0.1, 0.15) is 6.04 Å². The number of sulfonamides is 1. The standard InChI is InChI=1S/C28H34ClN3O4S/c1-5-26(28(34)30-17-20(2)3)32(18-21-10-13-24(29)14-11-21)27(33)19-31(4)37(35,36)25-15-12-22-8-6-7-9-23(22)16-25/h6-16,20,26H,5,17-19H2,1-4H3,(H,30,34)/t26-/m1/s1. The molecule has 0 saturated heterocycles. The Morgan fingerprint density at radius 1 is 0.973 bits per heavy atom. The number of hydrogen-bond donors (Lipinski definition) is 1. The van der Waals surface area contributed by atoms with Crippen molar-refractivity contribution in [2.24, 2.45) is 5.92 Å². The smallest absolute Gasteiger partial charge is 0.243 e. The summed E-state index contributed by atoms with van der Waals surface area (Å²) in [6, 6.07) is 18.6. The third kappa shape index (κ3) is 7.31. The first-order valence-corrected chi connectivity index (χ1v) is 14.1. The Balaban J connectivity index is 1.86. The van der Waals surface area contributed by atoms with Crippen LogP contribution < -0.4 is 5.32 Å². The van der Waals surface area contributed by atoms with Crippen LogP contribution in [0.1, 0.15) is 32.8 Å².